The normalized spacial score (nSPS) is 17.9. The highest BCUT2D eigenvalue weighted by molar-refractivity contribution is 6.05. The summed E-state index contributed by atoms with van der Waals surface area (Å²) in [4.78, 5) is 29.3. The highest BCUT2D eigenvalue weighted by Crippen LogP contribution is 2.47. The summed E-state index contributed by atoms with van der Waals surface area (Å²) >= 11 is 0. The van der Waals surface area contributed by atoms with E-state index >= 15 is 0 Å². The molecule has 2 atom stereocenters. The van der Waals surface area contributed by atoms with Gasteiger partial charge in [0.2, 0.25) is 11.5 Å². The average Bonchev–Trinajstić information content (AvgIpc) is 3.52. The van der Waals surface area contributed by atoms with Gasteiger partial charge in [-0.15, -0.1) is 0 Å². The van der Waals surface area contributed by atoms with Gasteiger partial charge in [0.1, 0.15) is 35.0 Å². The summed E-state index contributed by atoms with van der Waals surface area (Å²) in [5.74, 6) is -2.07. The molecule has 0 aliphatic carbocycles. The van der Waals surface area contributed by atoms with Crippen molar-refractivity contribution in [1.82, 2.24) is 20.5 Å². The largest absolute Gasteiger partial charge is 0.497 e. The van der Waals surface area contributed by atoms with Gasteiger partial charge in [0, 0.05) is 22.6 Å². The van der Waals surface area contributed by atoms with Crippen LogP contribution in [0.5, 0.6) is 11.5 Å². The van der Waals surface area contributed by atoms with E-state index in [0.717, 1.165) is 18.2 Å². The number of aromatic nitrogens is 3. The highest BCUT2D eigenvalue weighted by atomic mass is 19.4. The summed E-state index contributed by atoms with van der Waals surface area (Å²) < 4.78 is 68.0. The Hall–Kier alpha value is -4.72. The summed E-state index contributed by atoms with van der Waals surface area (Å²) in [6, 6.07) is 10.1. The zero-order valence-corrected chi connectivity index (χ0v) is 21.6. The molecular formula is C27H23F4N5O5. The third-order valence-electron chi connectivity index (χ3n) is 7.12. The first-order chi connectivity index (χ1) is 19.3. The van der Waals surface area contributed by atoms with Gasteiger partial charge in [-0.1, -0.05) is 0 Å². The molecule has 0 unspecified atom stereocenters. The van der Waals surface area contributed by atoms with Gasteiger partial charge < -0.3 is 25.6 Å². The number of carbonyl (C=O) groups excluding carboxylic acids is 2. The van der Waals surface area contributed by atoms with Crippen LogP contribution in [0.25, 0.3) is 22.2 Å². The molecule has 2 aromatic heterocycles. The van der Waals surface area contributed by atoms with Crippen molar-refractivity contribution in [2.24, 2.45) is 5.73 Å². The molecule has 1 aliphatic rings. The second-order valence-corrected chi connectivity index (χ2v) is 9.75. The maximum atomic E-state index is 14.6. The fraction of sp³-hybridized carbons (Fsp3) is 0.259. The number of primary amides is 1. The number of methoxy groups -OCH3 is 1. The van der Waals surface area contributed by atoms with Crippen molar-refractivity contribution in [2.45, 2.75) is 24.1 Å². The molecule has 1 aliphatic heterocycles. The lowest BCUT2D eigenvalue weighted by Crippen LogP contribution is -2.52. The molecule has 41 heavy (non-hydrogen) atoms. The number of hydrogen-bond donors (Lipinski definition) is 4. The molecule has 14 heteroatoms. The maximum absolute atomic E-state index is 14.6. The molecule has 0 bridgehead atoms. The third kappa shape index (κ3) is 4.59. The molecule has 5 rings (SSSR count). The van der Waals surface area contributed by atoms with Gasteiger partial charge in [-0.05, 0) is 49.4 Å². The Labute approximate surface area is 229 Å². The molecule has 0 fully saturated rings. The first-order valence-electron chi connectivity index (χ1n) is 12.1. The van der Waals surface area contributed by atoms with Gasteiger partial charge in [-0.25, -0.2) is 9.37 Å². The number of halogens is 4. The molecule has 0 spiro atoms. The van der Waals surface area contributed by atoms with Crippen molar-refractivity contribution in [3.8, 4) is 22.8 Å². The van der Waals surface area contributed by atoms with Crippen LogP contribution < -0.4 is 20.5 Å². The number of aliphatic hydroxyl groups is 1. The predicted molar refractivity (Wildman–Crippen MR) is 137 cm³/mol. The van der Waals surface area contributed by atoms with Crippen molar-refractivity contribution in [1.29, 1.82) is 0 Å². The van der Waals surface area contributed by atoms with Crippen LogP contribution in [0.3, 0.4) is 0 Å². The number of aromatic amines is 1. The van der Waals surface area contributed by atoms with E-state index in [1.165, 1.54) is 32.2 Å². The molecule has 214 valence electrons. The Balaban J connectivity index is 1.58. The summed E-state index contributed by atoms with van der Waals surface area (Å²) in [6.07, 6.45) is -5.36. The number of alkyl halides is 3. The number of amides is 2. The van der Waals surface area contributed by atoms with Crippen molar-refractivity contribution in [3.05, 3.63) is 71.3 Å². The van der Waals surface area contributed by atoms with Gasteiger partial charge in [0.25, 0.3) is 5.91 Å². The number of benzene rings is 2. The molecule has 2 amide bonds. The van der Waals surface area contributed by atoms with E-state index < -0.39 is 47.1 Å². The lowest BCUT2D eigenvalue weighted by molar-refractivity contribution is -0.265. The Morgan fingerprint density at radius 2 is 1.90 bits per heavy atom. The van der Waals surface area contributed by atoms with Crippen LogP contribution in [0, 0.1) is 5.82 Å². The number of H-pyrrole nitrogens is 1. The predicted octanol–water partition coefficient (Wildman–Crippen LogP) is 3.09. The quantitative estimate of drug-likeness (QED) is 0.248. The van der Waals surface area contributed by atoms with Gasteiger partial charge in [-0.3, -0.25) is 14.7 Å². The molecule has 0 saturated carbocycles. The van der Waals surface area contributed by atoms with E-state index in [-0.39, 0.29) is 34.9 Å². The van der Waals surface area contributed by atoms with Crippen LogP contribution in [0.1, 0.15) is 28.7 Å². The fourth-order valence-corrected chi connectivity index (χ4v) is 4.53. The van der Waals surface area contributed by atoms with Gasteiger partial charge in [0.15, 0.2) is 5.69 Å². The Kier molecular flexibility index (Phi) is 6.60. The van der Waals surface area contributed by atoms with Crippen molar-refractivity contribution in [2.75, 3.05) is 20.3 Å². The number of ether oxygens (including phenoxy) is 2. The van der Waals surface area contributed by atoms with Crippen molar-refractivity contribution >= 4 is 22.7 Å². The van der Waals surface area contributed by atoms with Crippen LogP contribution in [-0.4, -0.2) is 58.5 Å². The zero-order chi connectivity index (χ0) is 29.7. The van der Waals surface area contributed by atoms with Crippen LogP contribution in [0.15, 0.2) is 48.5 Å². The summed E-state index contributed by atoms with van der Waals surface area (Å²) in [5, 5.41) is 20.0. The number of nitrogens with zero attached hydrogens (tertiary/aromatic N) is 2. The number of fused-ring (bicyclic) bond motifs is 2. The zero-order valence-electron chi connectivity index (χ0n) is 21.6. The standard InChI is InChI=1S/C27H23F4N5O5/c1-25(24(32)38)12-41-22-17(25)10-19(34-20(22)13-3-5-14(28)6-4-13)26(39,27(29,30)31)11-33-23(37)21-16-8-7-15(40-2)9-18(16)35-36-21/h3-10,39H,11-12H2,1-2H3,(H2,32,38)(H,33,37)(H,35,36)/t25-,26-/m0/s1. The van der Waals surface area contributed by atoms with Gasteiger partial charge in [0.05, 0.1) is 24.9 Å². The van der Waals surface area contributed by atoms with Crippen LogP contribution in [0.4, 0.5) is 17.6 Å². The summed E-state index contributed by atoms with van der Waals surface area (Å²) in [5.41, 5.74) is -0.539. The van der Waals surface area contributed by atoms with E-state index in [4.69, 9.17) is 15.2 Å². The minimum absolute atomic E-state index is 0.0337. The Morgan fingerprint density at radius 3 is 2.54 bits per heavy atom. The molecule has 4 aromatic rings. The topological polar surface area (TPSA) is 152 Å². The summed E-state index contributed by atoms with van der Waals surface area (Å²) in [6.45, 7) is -0.274. The number of nitrogens with two attached hydrogens (primary N) is 1. The lowest BCUT2D eigenvalue weighted by Gasteiger charge is -2.31. The molecule has 5 N–H and O–H groups in total. The Bertz CT molecular complexity index is 1670. The van der Waals surface area contributed by atoms with E-state index in [2.05, 4.69) is 20.5 Å². The van der Waals surface area contributed by atoms with Crippen LogP contribution in [-0.2, 0) is 15.8 Å². The number of nitrogens with one attached hydrogen (secondary N) is 2. The SMILES string of the molecule is COc1ccc2c(C(=O)NC[C@](O)(c3cc4c(c(-c5ccc(F)cc5)n3)OC[C@]4(C)C(N)=O)C(F)(F)F)n[nH]c2c1. The molecule has 0 radical (unpaired) electrons. The van der Waals surface area contributed by atoms with Crippen molar-refractivity contribution < 1.29 is 41.7 Å². The van der Waals surface area contributed by atoms with Crippen molar-refractivity contribution in [3.63, 3.8) is 0 Å². The Morgan fingerprint density at radius 1 is 1.20 bits per heavy atom. The van der Waals surface area contributed by atoms with Crippen LogP contribution in [0.2, 0.25) is 0 Å². The third-order valence-corrected chi connectivity index (χ3v) is 7.12. The molecular weight excluding hydrogens is 550 g/mol. The first-order valence-corrected chi connectivity index (χ1v) is 12.1. The first kappa shape index (κ1) is 27.8. The van der Waals surface area contributed by atoms with Gasteiger partial charge in [-0.2, -0.15) is 18.3 Å². The molecule has 3 heterocycles. The molecule has 10 nitrogen and oxygen atoms in total. The maximum Gasteiger partial charge on any atom is 0.424 e. The number of rotatable bonds is 7. The smallest absolute Gasteiger partial charge is 0.424 e. The van der Waals surface area contributed by atoms with Gasteiger partial charge >= 0.3 is 6.18 Å². The highest BCUT2D eigenvalue weighted by Gasteiger charge is 2.57. The fourth-order valence-electron chi connectivity index (χ4n) is 4.53. The lowest BCUT2D eigenvalue weighted by atomic mass is 9.81. The van der Waals surface area contributed by atoms with E-state index in [1.54, 1.807) is 12.1 Å². The second kappa shape index (κ2) is 9.73. The average molecular weight is 574 g/mol. The molecule has 0 saturated heterocycles. The van der Waals surface area contributed by atoms with E-state index in [1.807, 2.05) is 0 Å². The minimum atomic E-state index is -5.36. The monoisotopic (exact) mass is 573 g/mol. The number of hydrogen-bond acceptors (Lipinski definition) is 7. The molecule has 2 aromatic carbocycles. The number of pyridine rings is 1. The summed E-state index contributed by atoms with van der Waals surface area (Å²) in [7, 11) is 1.44. The number of carbonyl (C=O) groups is 2. The van der Waals surface area contributed by atoms with E-state index in [0.29, 0.717) is 16.7 Å². The van der Waals surface area contributed by atoms with Crippen LogP contribution >= 0.6 is 0 Å². The second-order valence-electron chi connectivity index (χ2n) is 9.75. The van der Waals surface area contributed by atoms with E-state index in [9.17, 15) is 32.3 Å². The minimum Gasteiger partial charge on any atom is -0.497 e.